The number of rotatable bonds is 1. The van der Waals surface area contributed by atoms with Crippen LogP contribution in [0.3, 0.4) is 0 Å². The highest BCUT2D eigenvalue weighted by atomic mass is 35.5. The lowest BCUT2D eigenvalue weighted by Gasteiger charge is -2.08. The van der Waals surface area contributed by atoms with E-state index in [1.165, 1.54) is 10.4 Å². The first-order valence-corrected chi connectivity index (χ1v) is 6.60. The van der Waals surface area contributed by atoms with Crippen LogP contribution in [0, 0.1) is 0 Å². The molecule has 0 amide bonds. The molecule has 0 saturated carbocycles. The molecule has 1 atom stereocenters. The van der Waals surface area contributed by atoms with Gasteiger partial charge in [-0.25, -0.2) is 0 Å². The van der Waals surface area contributed by atoms with Crippen LogP contribution in [0.5, 0.6) is 0 Å². The Morgan fingerprint density at radius 2 is 2.06 bits per heavy atom. The Morgan fingerprint density at radius 3 is 2.75 bits per heavy atom. The summed E-state index contributed by atoms with van der Waals surface area (Å²) in [5.41, 5.74) is 2.35. The number of hydrogen-bond acceptors (Lipinski definition) is 2. The summed E-state index contributed by atoms with van der Waals surface area (Å²) >= 11 is 13.7. The first kappa shape index (κ1) is 10.5. The van der Waals surface area contributed by atoms with E-state index < -0.39 is 0 Å². The number of benzene rings is 1. The zero-order chi connectivity index (χ0) is 11.1. The fraction of sp³-hybridized carbons (Fsp3) is 0.167. The van der Waals surface area contributed by atoms with Crippen LogP contribution in [-0.2, 0) is 6.42 Å². The summed E-state index contributed by atoms with van der Waals surface area (Å²) in [6, 6.07) is 10.3. The molecule has 3 rings (SSSR count). The summed E-state index contributed by atoms with van der Waals surface area (Å²) in [6.45, 7) is 0. The summed E-state index contributed by atoms with van der Waals surface area (Å²) < 4.78 is 0.832. The predicted octanol–water partition coefficient (Wildman–Crippen LogP) is 4.76. The minimum atomic E-state index is 0.312. The van der Waals surface area contributed by atoms with Crippen LogP contribution in [0.2, 0.25) is 9.36 Å². The number of hydrogen-bond donors (Lipinski definition) is 1. The molecule has 1 aromatic heterocycles. The standard InChI is InChI=1S/C12H9Cl2NS/c13-8-3-1-2-7-6-9(15-12(7)8)10-4-5-11(14)16-10/h1-5,9,15H,6H2. The fourth-order valence-corrected chi connectivity index (χ4v) is 3.39. The maximum Gasteiger partial charge on any atom is 0.0932 e. The third-order valence-corrected chi connectivity index (χ3v) is 4.44. The van der Waals surface area contributed by atoms with Crippen LogP contribution in [0.4, 0.5) is 5.69 Å². The number of anilines is 1. The van der Waals surface area contributed by atoms with E-state index in [9.17, 15) is 0 Å². The van der Waals surface area contributed by atoms with Crippen LogP contribution in [0.1, 0.15) is 16.5 Å². The molecule has 0 spiro atoms. The molecule has 16 heavy (non-hydrogen) atoms. The van der Waals surface area contributed by atoms with E-state index in [1.54, 1.807) is 11.3 Å². The average molecular weight is 270 g/mol. The van der Waals surface area contributed by atoms with Gasteiger partial charge < -0.3 is 5.32 Å². The van der Waals surface area contributed by atoms with Gasteiger partial charge in [-0.1, -0.05) is 35.3 Å². The summed E-state index contributed by atoms with van der Waals surface area (Å²) in [5, 5.41) is 4.25. The van der Waals surface area contributed by atoms with Crippen molar-refractivity contribution in [2.45, 2.75) is 12.5 Å². The minimum absolute atomic E-state index is 0.312. The van der Waals surface area contributed by atoms with Crippen molar-refractivity contribution >= 4 is 40.2 Å². The van der Waals surface area contributed by atoms with Crippen molar-refractivity contribution < 1.29 is 0 Å². The summed E-state index contributed by atoms with van der Waals surface area (Å²) in [7, 11) is 0. The molecule has 82 valence electrons. The number of para-hydroxylation sites is 1. The summed E-state index contributed by atoms with van der Waals surface area (Å²) in [4.78, 5) is 1.26. The van der Waals surface area contributed by atoms with Crippen molar-refractivity contribution in [3.8, 4) is 0 Å². The molecule has 1 unspecified atom stereocenters. The van der Waals surface area contributed by atoms with Crippen molar-refractivity contribution in [3.05, 3.63) is 50.1 Å². The Balaban J connectivity index is 1.93. The number of nitrogens with one attached hydrogen (secondary N) is 1. The second-order valence-electron chi connectivity index (χ2n) is 3.82. The molecule has 1 aliphatic heterocycles. The molecule has 0 fully saturated rings. The molecule has 0 bridgehead atoms. The van der Waals surface area contributed by atoms with Gasteiger partial charge >= 0.3 is 0 Å². The predicted molar refractivity (Wildman–Crippen MR) is 70.8 cm³/mol. The first-order valence-electron chi connectivity index (χ1n) is 5.03. The van der Waals surface area contributed by atoms with Gasteiger partial charge in [0.2, 0.25) is 0 Å². The van der Waals surface area contributed by atoms with Gasteiger partial charge in [-0.2, -0.15) is 0 Å². The Morgan fingerprint density at radius 1 is 1.19 bits per heavy atom. The minimum Gasteiger partial charge on any atom is -0.376 e. The van der Waals surface area contributed by atoms with E-state index in [2.05, 4.69) is 17.4 Å². The largest absolute Gasteiger partial charge is 0.376 e. The third kappa shape index (κ3) is 1.71. The second kappa shape index (κ2) is 3.95. The smallest absolute Gasteiger partial charge is 0.0932 e. The highest BCUT2D eigenvalue weighted by Gasteiger charge is 2.24. The molecular weight excluding hydrogens is 261 g/mol. The fourth-order valence-electron chi connectivity index (χ4n) is 2.03. The first-order chi connectivity index (χ1) is 7.74. The molecule has 0 radical (unpaired) electrons. The zero-order valence-corrected chi connectivity index (χ0v) is 10.7. The molecule has 4 heteroatoms. The van der Waals surface area contributed by atoms with E-state index >= 15 is 0 Å². The SMILES string of the molecule is Clc1ccc(C2Cc3cccc(Cl)c3N2)s1. The monoisotopic (exact) mass is 269 g/mol. The van der Waals surface area contributed by atoms with E-state index in [0.717, 1.165) is 21.5 Å². The van der Waals surface area contributed by atoms with Gasteiger partial charge in [0, 0.05) is 4.88 Å². The number of halogens is 2. The molecule has 2 aromatic rings. The van der Waals surface area contributed by atoms with Gasteiger partial charge in [-0.15, -0.1) is 11.3 Å². The lowest BCUT2D eigenvalue weighted by molar-refractivity contribution is 0.843. The van der Waals surface area contributed by atoms with Crippen LogP contribution in [0.15, 0.2) is 30.3 Å². The third-order valence-electron chi connectivity index (χ3n) is 2.78. The maximum atomic E-state index is 6.14. The van der Waals surface area contributed by atoms with E-state index in [-0.39, 0.29) is 0 Å². The molecule has 1 aromatic carbocycles. The maximum absolute atomic E-state index is 6.14. The van der Waals surface area contributed by atoms with Crippen molar-refractivity contribution in [1.29, 1.82) is 0 Å². The van der Waals surface area contributed by atoms with Crippen molar-refractivity contribution in [2.24, 2.45) is 0 Å². The molecule has 1 aliphatic rings. The molecule has 0 saturated heterocycles. The van der Waals surface area contributed by atoms with Crippen LogP contribution >= 0.6 is 34.5 Å². The Labute approximate surface area is 108 Å². The van der Waals surface area contributed by atoms with Gasteiger partial charge in [-0.05, 0) is 30.2 Å². The lowest BCUT2D eigenvalue weighted by atomic mass is 10.1. The van der Waals surface area contributed by atoms with Crippen LogP contribution < -0.4 is 5.32 Å². The van der Waals surface area contributed by atoms with E-state index in [0.29, 0.717) is 6.04 Å². The summed E-state index contributed by atoms with van der Waals surface area (Å²) in [5.74, 6) is 0. The van der Waals surface area contributed by atoms with Crippen molar-refractivity contribution in [3.63, 3.8) is 0 Å². The Kier molecular flexibility index (Phi) is 2.58. The molecule has 1 nitrogen and oxygen atoms in total. The lowest BCUT2D eigenvalue weighted by Crippen LogP contribution is -2.03. The van der Waals surface area contributed by atoms with Crippen molar-refractivity contribution in [1.82, 2.24) is 0 Å². The Bertz CT molecular complexity index is 536. The van der Waals surface area contributed by atoms with Crippen LogP contribution in [0.25, 0.3) is 0 Å². The van der Waals surface area contributed by atoms with Gasteiger partial charge in [0.05, 0.1) is 21.1 Å². The average Bonchev–Trinajstić information content (AvgIpc) is 2.84. The van der Waals surface area contributed by atoms with Gasteiger partial charge in [0.1, 0.15) is 0 Å². The molecule has 1 N–H and O–H groups in total. The van der Waals surface area contributed by atoms with Gasteiger partial charge in [0.25, 0.3) is 0 Å². The molecular formula is C12H9Cl2NS. The normalized spacial score (nSPS) is 18.2. The quantitative estimate of drug-likeness (QED) is 0.787. The van der Waals surface area contributed by atoms with Crippen LogP contribution in [-0.4, -0.2) is 0 Å². The topological polar surface area (TPSA) is 12.0 Å². The highest BCUT2D eigenvalue weighted by Crippen LogP contribution is 2.40. The number of thiophene rings is 1. The van der Waals surface area contributed by atoms with Crippen molar-refractivity contribution in [2.75, 3.05) is 5.32 Å². The second-order valence-corrected chi connectivity index (χ2v) is 5.97. The number of fused-ring (bicyclic) bond motifs is 1. The van der Waals surface area contributed by atoms with Gasteiger partial charge in [0.15, 0.2) is 0 Å². The Hall–Kier alpha value is -0.700. The highest BCUT2D eigenvalue weighted by molar-refractivity contribution is 7.16. The molecule has 0 aliphatic carbocycles. The van der Waals surface area contributed by atoms with Gasteiger partial charge in [-0.3, -0.25) is 0 Å². The zero-order valence-electron chi connectivity index (χ0n) is 8.34. The molecule has 2 heterocycles. The van der Waals surface area contributed by atoms with E-state index in [4.69, 9.17) is 23.2 Å². The summed E-state index contributed by atoms with van der Waals surface area (Å²) in [6.07, 6.45) is 0.979. The van der Waals surface area contributed by atoms with E-state index in [1.807, 2.05) is 18.2 Å².